The SMILES string of the molecule is C=Cc1c(C)c2ccccc2n1-c1cc(-c2nnc(-c3cccc(OC)c3)o2)cc(-n2c(C=C)c(C)c3ccccc32)c1. The number of fused-ring (bicyclic) bond motifs is 2. The number of hydrogen-bond acceptors (Lipinski definition) is 4. The van der Waals surface area contributed by atoms with Crippen molar-refractivity contribution in [2.45, 2.75) is 13.8 Å². The summed E-state index contributed by atoms with van der Waals surface area (Å²) in [4.78, 5) is 0. The summed E-state index contributed by atoms with van der Waals surface area (Å²) in [5.74, 6) is 1.56. The Balaban J connectivity index is 1.51. The van der Waals surface area contributed by atoms with Crippen molar-refractivity contribution in [2.24, 2.45) is 0 Å². The van der Waals surface area contributed by atoms with Gasteiger partial charge in [-0.3, -0.25) is 0 Å². The third-order valence-electron chi connectivity index (χ3n) is 8.14. The number of benzene rings is 4. The molecule has 0 aliphatic heterocycles. The minimum absolute atomic E-state index is 0.419. The number of aromatic nitrogens is 4. The second-order valence-electron chi connectivity index (χ2n) is 10.5. The van der Waals surface area contributed by atoms with Gasteiger partial charge in [0.05, 0.1) is 18.1 Å². The second kappa shape index (κ2) is 10.3. The van der Waals surface area contributed by atoms with Crippen LogP contribution in [0.2, 0.25) is 0 Å². The highest BCUT2D eigenvalue weighted by Gasteiger charge is 2.20. The molecule has 0 aliphatic rings. The molecule has 4 aromatic carbocycles. The number of nitrogens with zero attached hydrogens (tertiary/aromatic N) is 4. The number of methoxy groups -OCH3 is 1. The lowest BCUT2D eigenvalue weighted by molar-refractivity contribution is 0.415. The normalized spacial score (nSPS) is 11.3. The fourth-order valence-electron chi connectivity index (χ4n) is 6.08. The quantitative estimate of drug-likeness (QED) is 0.194. The standard InChI is InChI=1S/C37H30N4O2/c1-6-32-23(3)30-15-8-10-17-34(30)40(32)27-19-26(37-39-38-36(43-37)25-13-12-14-29(21-25)42-5)20-28(22-27)41-33(7-2)24(4)31-16-9-11-18-35(31)41/h6-22H,1-2H2,3-5H3. The Morgan fingerprint density at radius 1 is 0.651 bits per heavy atom. The van der Waals surface area contributed by atoms with Crippen molar-refractivity contribution in [3.05, 3.63) is 127 Å². The van der Waals surface area contributed by atoms with Crippen molar-refractivity contribution >= 4 is 34.0 Å². The monoisotopic (exact) mass is 562 g/mol. The molecule has 0 aliphatic carbocycles. The van der Waals surface area contributed by atoms with Gasteiger partial charge in [0.25, 0.3) is 0 Å². The van der Waals surface area contributed by atoms with Crippen LogP contribution in [-0.4, -0.2) is 26.4 Å². The van der Waals surface area contributed by atoms with E-state index in [4.69, 9.17) is 9.15 Å². The highest BCUT2D eigenvalue weighted by molar-refractivity contribution is 5.92. The molecule has 210 valence electrons. The van der Waals surface area contributed by atoms with E-state index in [0.29, 0.717) is 11.8 Å². The van der Waals surface area contributed by atoms with Gasteiger partial charge < -0.3 is 18.3 Å². The van der Waals surface area contributed by atoms with Crippen LogP contribution < -0.4 is 4.74 Å². The summed E-state index contributed by atoms with van der Waals surface area (Å²) in [7, 11) is 1.64. The highest BCUT2D eigenvalue weighted by atomic mass is 16.5. The molecule has 0 saturated carbocycles. The fraction of sp³-hybridized carbons (Fsp3) is 0.0811. The van der Waals surface area contributed by atoms with Crippen LogP contribution in [0.1, 0.15) is 22.5 Å². The van der Waals surface area contributed by atoms with E-state index in [1.807, 2.05) is 36.4 Å². The van der Waals surface area contributed by atoms with Crippen LogP contribution in [0, 0.1) is 13.8 Å². The Kier molecular flexibility index (Phi) is 6.32. The first-order chi connectivity index (χ1) is 21.0. The van der Waals surface area contributed by atoms with Crippen LogP contribution in [-0.2, 0) is 0 Å². The van der Waals surface area contributed by atoms with Gasteiger partial charge in [-0.1, -0.05) is 55.6 Å². The van der Waals surface area contributed by atoms with E-state index in [0.717, 1.165) is 50.7 Å². The predicted octanol–water partition coefficient (Wildman–Crippen LogP) is 9.20. The van der Waals surface area contributed by atoms with Crippen molar-refractivity contribution in [3.8, 4) is 40.0 Å². The molecule has 3 aromatic heterocycles. The summed E-state index contributed by atoms with van der Waals surface area (Å²) in [6.07, 6.45) is 3.83. The second-order valence-corrected chi connectivity index (χ2v) is 10.5. The van der Waals surface area contributed by atoms with Crippen molar-refractivity contribution in [2.75, 3.05) is 7.11 Å². The van der Waals surface area contributed by atoms with Crippen molar-refractivity contribution in [3.63, 3.8) is 0 Å². The molecule has 0 N–H and O–H groups in total. The minimum Gasteiger partial charge on any atom is -0.497 e. The minimum atomic E-state index is 0.419. The van der Waals surface area contributed by atoms with Crippen LogP contribution >= 0.6 is 0 Å². The zero-order chi connectivity index (χ0) is 29.7. The number of rotatable bonds is 7. The van der Waals surface area contributed by atoms with Crippen LogP contribution in [0.25, 0.3) is 68.2 Å². The lowest BCUT2D eigenvalue weighted by Crippen LogP contribution is -2.03. The van der Waals surface area contributed by atoms with E-state index in [-0.39, 0.29) is 0 Å². The molecular weight excluding hydrogens is 532 g/mol. The van der Waals surface area contributed by atoms with E-state index in [2.05, 4.69) is 113 Å². The van der Waals surface area contributed by atoms with Gasteiger partial charge in [-0.2, -0.15) is 0 Å². The van der Waals surface area contributed by atoms with E-state index < -0.39 is 0 Å². The zero-order valence-electron chi connectivity index (χ0n) is 24.3. The first-order valence-corrected chi connectivity index (χ1v) is 14.1. The van der Waals surface area contributed by atoms with Gasteiger partial charge in [0.1, 0.15) is 5.75 Å². The zero-order valence-corrected chi connectivity index (χ0v) is 24.3. The molecule has 0 fully saturated rings. The molecule has 0 unspecified atom stereocenters. The van der Waals surface area contributed by atoms with Crippen LogP contribution in [0.4, 0.5) is 0 Å². The van der Waals surface area contributed by atoms with Crippen molar-refractivity contribution < 1.29 is 9.15 Å². The average molecular weight is 563 g/mol. The lowest BCUT2D eigenvalue weighted by atomic mass is 10.1. The Morgan fingerprint density at radius 3 is 1.72 bits per heavy atom. The Labute approximate surface area is 249 Å². The fourth-order valence-corrected chi connectivity index (χ4v) is 6.08. The first kappa shape index (κ1) is 26.3. The van der Waals surface area contributed by atoms with Gasteiger partial charge in [-0.05, 0) is 85.7 Å². The first-order valence-electron chi connectivity index (χ1n) is 14.1. The molecule has 7 aromatic rings. The summed E-state index contributed by atoms with van der Waals surface area (Å²) >= 11 is 0. The maximum atomic E-state index is 6.30. The van der Waals surface area contributed by atoms with Gasteiger partial charge in [-0.15, -0.1) is 10.2 Å². The number of ether oxygens (including phenoxy) is 1. The summed E-state index contributed by atoms with van der Waals surface area (Å²) in [5, 5.41) is 11.2. The van der Waals surface area contributed by atoms with Gasteiger partial charge >= 0.3 is 0 Å². The molecule has 7 rings (SSSR count). The maximum absolute atomic E-state index is 6.30. The van der Waals surface area contributed by atoms with E-state index in [1.54, 1.807) is 7.11 Å². The van der Waals surface area contributed by atoms with Gasteiger partial charge in [-0.25, -0.2) is 0 Å². The van der Waals surface area contributed by atoms with E-state index >= 15 is 0 Å². The highest BCUT2D eigenvalue weighted by Crippen LogP contribution is 2.36. The van der Waals surface area contributed by atoms with Crippen LogP contribution in [0.15, 0.2) is 109 Å². The summed E-state index contributed by atoms with van der Waals surface area (Å²) in [6, 6.07) is 30.8. The molecule has 0 atom stereocenters. The molecule has 0 radical (unpaired) electrons. The molecule has 0 bridgehead atoms. The predicted molar refractivity (Wildman–Crippen MR) is 175 cm³/mol. The topological polar surface area (TPSA) is 58.0 Å². The lowest BCUT2D eigenvalue weighted by Gasteiger charge is -2.16. The molecule has 3 heterocycles. The molecule has 6 heteroatoms. The summed E-state index contributed by atoms with van der Waals surface area (Å²) in [6.45, 7) is 12.6. The molecule has 6 nitrogen and oxygen atoms in total. The molecule has 43 heavy (non-hydrogen) atoms. The molecule has 0 spiro atoms. The molecular formula is C37H30N4O2. The van der Waals surface area contributed by atoms with Gasteiger partial charge in [0.15, 0.2) is 0 Å². The third-order valence-corrected chi connectivity index (χ3v) is 8.14. The van der Waals surface area contributed by atoms with E-state index in [9.17, 15) is 0 Å². The largest absolute Gasteiger partial charge is 0.497 e. The van der Waals surface area contributed by atoms with Crippen molar-refractivity contribution in [1.29, 1.82) is 0 Å². The smallest absolute Gasteiger partial charge is 0.248 e. The van der Waals surface area contributed by atoms with Crippen LogP contribution in [0.5, 0.6) is 5.75 Å². The van der Waals surface area contributed by atoms with Gasteiger partial charge in [0, 0.05) is 44.7 Å². The Bertz CT molecular complexity index is 2080. The Morgan fingerprint density at radius 2 is 1.19 bits per heavy atom. The average Bonchev–Trinajstić information content (AvgIpc) is 3.74. The molecule has 0 saturated heterocycles. The summed E-state index contributed by atoms with van der Waals surface area (Å²) in [5.41, 5.74) is 10.1. The van der Waals surface area contributed by atoms with Crippen molar-refractivity contribution in [1.82, 2.24) is 19.3 Å². The Hall–Kier alpha value is -5.62. The number of para-hydroxylation sites is 2. The number of hydrogen-bond donors (Lipinski definition) is 0. The molecule has 0 amide bonds. The van der Waals surface area contributed by atoms with E-state index in [1.165, 1.54) is 21.9 Å². The third kappa shape index (κ3) is 4.18. The van der Waals surface area contributed by atoms with Crippen LogP contribution in [0.3, 0.4) is 0 Å². The maximum Gasteiger partial charge on any atom is 0.248 e. The van der Waals surface area contributed by atoms with Gasteiger partial charge in [0.2, 0.25) is 11.8 Å². The summed E-state index contributed by atoms with van der Waals surface area (Å²) < 4.78 is 16.2. The number of aryl methyl sites for hydroxylation is 2.